The molecule has 30 heavy (non-hydrogen) atoms. The molecule has 0 saturated heterocycles. The SMILES string of the molecule is COC(=O)c1ccc(O[Si](c2ccccc2)(c2ccccc2)c2ccccc2)cc1. The van der Waals surface area contributed by atoms with Crippen LogP contribution in [0.3, 0.4) is 0 Å². The van der Waals surface area contributed by atoms with Crippen LogP contribution in [-0.4, -0.2) is 21.4 Å². The van der Waals surface area contributed by atoms with Crippen molar-refractivity contribution < 1.29 is 14.0 Å². The van der Waals surface area contributed by atoms with Gasteiger partial charge < -0.3 is 9.16 Å². The first kappa shape index (κ1) is 19.7. The summed E-state index contributed by atoms with van der Waals surface area (Å²) in [6, 6.07) is 38.3. The quantitative estimate of drug-likeness (QED) is 0.277. The molecule has 0 aromatic heterocycles. The van der Waals surface area contributed by atoms with Crippen molar-refractivity contribution in [2.24, 2.45) is 0 Å². The molecule has 0 aliphatic carbocycles. The van der Waals surface area contributed by atoms with Crippen molar-refractivity contribution in [2.45, 2.75) is 0 Å². The molecule has 0 bridgehead atoms. The maximum Gasteiger partial charge on any atom is 0.346 e. The molecule has 0 saturated carbocycles. The van der Waals surface area contributed by atoms with Crippen LogP contribution in [0.25, 0.3) is 0 Å². The van der Waals surface area contributed by atoms with Gasteiger partial charge in [-0.25, -0.2) is 4.79 Å². The summed E-state index contributed by atoms with van der Waals surface area (Å²) in [6.07, 6.45) is 0. The average Bonchev–Trinajstić information content (AvgIpc) is 2.84. The minimum Gasteiger partial charge on any atom is -0.530 e. The second-order valence-corrected chi connectivity index (χ2v) is 10.2. The third kappa shape index (κ3) is 3.77. The Hall–Kier alpha value is -3.63. The minimum absolute atomic E-state index is 0.362. The van der Waals surface area contributed by atoms with Crippen molar-refractivity contribution in [3.63, 3.8) is 0 Å². The monoisotopic (exact) mass is 410 g/mol. The molecule has 0 unspecified atom stereocenters. The van der Waals surface area contributed by atoms with Gasteiger partial charge in [0.15, 0.2) is 0 Å². The Labute approximate surface area is 177 Å². The Morgan fingerprint density at radius 1 is 0.600 bits per heavy atom. The van der Waals surface area contributed by atoms with Gasteiger partial charge in [0.2, 0.25) is 0 Å². The summed E-state index contributed by atoms with van der Waals surface area (Å²) in [6.45, 7) is 0. The molecule has 4 aromatic carbocycles. The highest BCUT2D eigenvalue weighted by molar-refractivity contribution is 7.07. The maximum absolute atomic E-state index is 11.8. The van der Waals surface area contributed by atoms with Crippen LogP contribution in [0.2, 0.25) is 0 Å². The molecule has 0 atom stereocenters. The van der Waals surface area contributed by atoms with E-state index in [2.05, 4.69) is 36.4 Å². The highest BCUT2D eigenvalue weighted by atomic mass is 28.4. The zero-order valence-corrected chi connectivity index (χ0v) is 17.7. The molecule has 0 aliphatic rings. The van der Waals surface area contributed by atoms with Gasteiger partial charge in [0, 0.05) is 0 Å². The fourth-order valence-electron chi connectivity index (χ4n) is 3.65. The van der Waals surface area contributed by atoms with Gasteiger partial charge in [-0.1, -0.05) is 91.0 Å². The molecule has 0 spiro atoms. The Morgan fingerprint density at radius 2 is 1.00 bits per heavy atom. The second-order valence-electron chi connectivity index (χ2n) is 6.90. The fraction of sp³-hybridized carbons (Fsp3) is 0.0385. The predicted molar refractivity (Wildman–Crippen MR) is 122 cm³/mol. The van der Waals surface area contributed by atoms with Crippen LogP contribution in [0.15, 0.2) is 115 Å². The molecule has 3 nitrogen and oxygen atoms in total. The summed E-state index contributed by atoms with van der Waals surface area (Å²) in [4.78, 5) is 11.8. The van der Waals surface area contributed by atoms with Gasteiger partial charge in [0.05, 0.1) is 12.7 Å². The molecule has 0 aliphatic heterocycles. The van der Waals surface area contributed by atoms with Gasteiger partial charge in [0.1, 0.15) is 5.75 Å². The van der Waals surface area contributed by atoms with Gasteiger partial charge in [-0.05, 0) is 39.8 Å². The lowest BCUT2D eigenvalue weighted by atomic mass is 10.2. The molecule has 0 radical (unpaired) electrons. The number of rotatable bonds is 6. The van der Waals surface area contributed by atoms with Crippen LogP contribution in [-0.2, 0) is 4.74 Å². The summed E-state index contributed by atoms with van der Waals surface area (Å²) < 4.78 is 11.7. The maximum atomic E-state index is 11.8. The molecule has 0 amide bonds. The molecule has 148 valence electrons. The number of ether oxygens (including phenoxy) is 1. The van der Waals surface area contributed by atoms with Gasteiger partial charge in [-0.3, -0.25) is 0 Å². The van der Waals surface area contributed by atoms with Crippen LogP contribution < -0.4 is 20.0 Å². The number of benzene rings is 4. The third-order valence-electron chi connectivity index (χ3n) is 5.09. The van der Waals surface area contributed by atoms with Crippen molar-refractivity contribution >= 4 is 29.8 Å². The zero-order valence-electron chi connectivity index (χ0n) is 16.7. The van der Waals surface area contributed by atoms with Crippen molar-refractivity contribution in [1.29, 1.82) is 0 Å². The van der Waals surface area contributed by atoms with E-state index >= 15 is 0 Å². The van der Waals surface area contributed by atoms with Gasteiger partial charge in [-0.15, -0.1) is 0 Å². The van der Waals surface area contributed by atoms with Crippen molar-refractivity contribution in [3.8, 4) is 5.75 Å². The summed E-state index contributed by atoms with van der Waals surface area (Å²) in [5.41, 5.74) is 0.497. The largest absolute Gasteiger partial charge is 0.530 e. The standard InChI is InChI=1S/C26H22O3Si/c1-28-26(27)21-17-19-22(20-18-21)29-30(23-11-5-2-6-12-23,24-13-7-3-8-14-24)25-15-9-4-10-16-25/h2-20H,1H3. The first-order valence-corrected chi connectivity index (χ1v) is 11.7. The van der Waals surface area contributed by atoms with E-state index < -0.39 is 8.32 Å². The van der Waals surface area contributed by atoms with Crippen LogP contribution in [0.5, 0.6) is 5.75 Å². The highest BCUT2D eigenvalue weighted by Gasteiger charge is 2.43. The summed E-state index contributed by atoms with van der Waals surface area (Å²) >= 11 is 0. The minimum atomic E-state index is -2.83. The van der Waals surface area contributed by atoms with Gasteiger partial charge >= 0.3 is 14.3 Å². The lowest BCUT2D eigenvalue weighted by Crippen LogP contribution is -2.71. The second kappa shape index (κ2) is 8.80. The zero-order chi connectivity index (χ0) is 20.8. The summed E-state index contributed by atoms with van der Waals surface area (Å²) in [5, 5.41) is 3.46. The predicted octanol–water partition coefficient (Wildman–Crippen LogP) is 3.52. The topological polar surface area (TPSA) is 35.5 Å². The van der Waals surface area contributed by atoms with E-state index in [1.807, 2.05) is 66.7 Å². The third-order valence-corrected chi connectivity index (χ3v) is 9.07. The number of esters is 1. The van der Waals surface area contributed by atoms with Gasteiger partial charge in [-0.2, -0.15) is 0 Å². The van der Waals surface area contributed by atoms with Crippen molar-refractivity contribution in [2.75, 3.05) is 7.11 Å². The first-order chi connectivity index (χ1) is 14.7. The van der Waals surface area contributed by atoms with Gasteiger partial charge in [0.25, 0.3) is 0 Å². The lowest BCUT2D eigenvalue weighted by molar-refractivity contribution is 0.0600. The van der Waals surface area contributed by atoms with Crippen LogP contribution in [0, 0.1) is 0 Å². The summed E-state index contributed by atoms with van der Waals surface area (Å²) in [5.74, 6) is 0.352. The van der Waals surface area contributed by atoms with Crippen LogP contribution in [0.4, 0.5) is 0 Å². The van der Waals surface area contributed by atoms with Crippen LogP contribution in [0.1, 0.15) is 10.4 Å². The number of carbonyl (C=O) groups excluding carboxylic acids is 1. The first-order valence-electron chi connectivity index (χ1n) is 9.78. The molecule has 0 heterocycles. The van der Waals surface area contributed by atoms with Crippen molar-refractivity contribution in [3.05, 3.63) is 121 Å². The normalized spacial score (nSPS) is 11.0. The Bertz CT molecular complexity index is 999. The Balaban J connectivity index is 1.90. The molecule has 0 N–H and O–H groups in total. The molecule has 4 aromatic rings. The van der Waals surface area contributed by atoms with E-state index in [0.717, 1.165) is 15.6 Å². The van der Waals surface area contributed by atoms with E-state index in [1.54, 1.807) is 12.1 Å². The molecular weight excluding hydrogens is 388 g/mol. The summed E-state index contributed by atoms with van der Waals surface area (Å²) in [7, 11) is -1.45. The smallest absolute Gasteiger partial charge is 0.346 e. The number of hydrogen-bond acceptors (Lipinski definition) is 3. The molecule has 4 heteroatoms. The Kier molecular flexibility index (Phi) is 5.77. The number of hydrogen-bond donors (Lipinski definition) is 0. The van der Waals surface area contributed by atoms with E-state index in [9.17, 15) is 4.79 Å². The molecular formula is C26H22O3Si. The van der Waals surface area contributed by atoms with E-state index in [1.165, 1.54) is 7.11 Å². The molecule has 0 fully saturated rings. The number of carbonyl (C=O) groups is 1. The van der Waals surface area contributed by atoms with Crippen LogP contribution >= 0.6 is 0 Å². The van der Waals surface area contributed by atoms with E-state index in [-0.39, 0.29) is 5.97 Å². The van der Waals surface area contributed by atoms with Crippen molar-refractivity contribution in [1.82, 2.24) is 0 Å². The lowest BCUT2D eigenvalue weighted by Gasteiger charge is -2.33. The average molecular weight is 411 g/mol. The number of methoxy groups -OCH3 is 1. The van der Waals surface area contributed by atoms with E-state index in [0.29, 0.717) is 11.3 Å². The Morgan fingerprint density at radius 3 is 1.37 bits per heavy atom. The highest BCUT2D eigenvalue weighted by Crippen LogP contribution is 2.19. The fourth-order valence-corrected chi connectivity index (χ4v) is 7.48. The van der Waals surface area contributed by atoms with E-state index in [4.69, 9.17) is 9.16 Å². The molecule has 4 rings (SSSR count).